The number of nitrogens with zero attached hydrogens (tertiary/aromatic N) is 2. The Kier molecular flexibility index (Phi) is 3.81. The van der Waals surface area contributed by atoms with Crippen molar-refractivity contribution in [1.82, 2.24) is 14.3 Å². The number of rotatable bonds is 4. The summed E-state index contributed by atoms with van der Waals surface area (Å²) in [5.41, 5.74) is 1.55. The van der Waals surface area contributed by atoms with Gasteiger partial charge < -0.3 is 4.57 Å². The van der Waals surface area contributed by atoms with Gasteiger partial charge in [0, 0.05) is 26.0 Å². The Labute approximate surface area is 131 Å². The molecule has 2 heterocycles. The summed E-state index contributed by atoms with van der Waals surface area (Å²) in [5.74, 6) is 0. The third-order valence-electron chi connectivity index (χ3n) is 3.29. The molecule has 0 spiro atoms. The Morgan fingerprint density at radius 3 is 2.68 bits per heavy atom. The normalized spacial score (nSPS) is 11.9. The Bertz CT molecular complexity index is 975. The average molecular weight is 335 g/mol. The first kappa shape index (κ1) is 14.9. The van der Waals surface area contributed by atoms with Crippen molar-refractivity contribution in [3.05, 3.63) is 58.0 Å². The van der Waals surface area contributed by atoms with E-state index in [1.54, 1.807) is 37.6 Å². The van der Waals surface area contributed by atoms with E-state index in [0.717, 1.165) is 22.4 Å². The molecular formula is C14H13N3O3S2. The fraction of sp³-hybridized carbons (Fsp3) is 0.143. The van der Waals surface area contributed by atoms with Gasteiger partial charge in [-0.1, -0.05) is 11.3 Å². The summed E-state index contributed by atoms with van der Waals surface area (Å²) in [4.78, 5) is 15.5. The SMILES string of the molecule is Cn1c(=O)sc2cc(S(=O)(=O)NCc3ccncc3)ccc21. The molecule has 0 atom stereocenters. The van der Waals surface area contributed by atoms with Crippen LogP contribution in [0.3, 0.4) is 0 Å². The summed E-state index contributed by atoms with van der Waals surface area (Å²) in [5, 5.41) is 0. The molecule has 8 heteroatoms. The van der Waals surface area contributed by atoms with E-state index < -0.39 is 10.0 Å². The molecule has 114 valence electrons. The van der Waals surface area contributed by atoms with Gasteiger partial charge in [-0.05, 0) is 35.9 Å². The molecule has 0 aliphatic heterocycles. The van der Waals surface area contributed by atoms with Crippen LogP contribution in [0.1, 0.15) is 5.56 Å². The van der Waals surface area contributed by atoms with E-state index >= 15 is 0 Å². The molecule has 3 rings (SSSR count). The van der Waals surface area contributed by atoms with E-state index in [1.165, 1.54) is 16.7 Å². The lowest BCUT2D eigenvalue weighted by molar-refractivity contribution is 0.581. The summed E-state index contributed by atoms with van der Waals surface area (Å²) < 4.78 is 29.4. The topological polar surface area (TPSA) is 81.1 Å². The number of sulfonamides is 1. The smallest absolute Gasteiger partial charge is 0.302 e. The van der Waals surface area contributed by atoms with Crippen molar-refractivity contribution >= 4 is 31.6 Å². The maximum Gasteiger partial charge on any atom is 0.307 e. The molecule has 6 nitrogen and oxygen atoms in total. The van der Waals surface area contributed by atoms with Gasteiger partial charge in [-0.15, -0.1) is 0 Å². The minimum Gasteiger partial charge on any atom is -0.302 e. The van der Waals surface area contributed by atoms with Gasteiger partial charge in [-0.3, -0.25) is 9.78 Å². The van der Waals surface area contributed by atoms with Crippen LogP contribution in [0, 0.1) is 0 Å². The molecule has 0 aliphatic carbocycles. The average Bonchev–Trinajstić information content (AvgIpc) is 2.81. The van der Waals surface area contributed by atoms with Crippen LogP contribution in [0.4, 0.5) is 0 Å². The highest BCUT2D eigenvalue weighted by molar-refractivity contribution is 7.89. The zero-order valence-electron chi connectivity index (χ0n) is 11.7. The minimum atomic E-state index is -3.63. The molecule has 0 saturated heterocycles. The van der Waals surface area contributed by atoms with Gasteiger partial charge in [0.1, 0.15) is 0 Å². The van der Waals surface area contributed by atoms with Gasteiger partial charge in [0.05, 0.1) is 15.1 Å². The lowest BCUT2D eigenvalue weighted by atomic mass is 10.3. The van der Waals surface area contributed by atoms with Gasteiger partial charge in [-0.25, -0.2) is 13.1 Å². The van der Waals surface area contributed by atoms with Crippen molar-refractivity contribution in [2.24, 2.45) is 7.05 Å². The largest absolute Gasteiger partial charge is 0.307 e. The van der Waals surface area contributed by atoms with Gasteiger partial charge >= 0.3 is 4.87 Å². The van der Waals surface area contributed by atoms with Crippen molar-refractivity contribution in [3.63, 3.8) is 0 Å². The number of fused-ring (bicyclic) bond motifs is 1. The van der Waals surface area contributed by atoms with Crippen LogP contribution in [0.2, 0.25) is 0 Å². The molecular weight excluding hydrogens is 322 g/mol. The molecule has 0 aliphatic rings. The van der Waals surface area contributed by atoms with Crippen LogP contribution < -0.4 is 9.60 Å². The summed E-state index contributed by atoms with van der Waals surface area (Å²) in [6.07, 6.45) is 3.22. The van der Waals surface area contributed by atoms with E-state index in [4.69, 9.17) is 0 Å². The third-order valence-corrected chi connectivity index (χ3v) is 5.68. The zero-order valence-corrected chi connectivity index (χ0v) is 13.3. The first-order valence-electron chi connectivity index (χ1n) is 6.45. The van der Waals surface area contributed by atoms with E-state index in [2.05, 4.69) is 9.71 Å². The van der Waals surface area contributed by atoms with E-state index in [1.807, 2.05) is 0 Å². The second kappa shape index (κ2) is 5.64. The predicted molar refractivity (Wildman–Crippen MR) is 85.3 cm³/mol. The molecule has 22 heavy (non-hydrogen) atoms. The van der Waals surface area contributed by atoms with E-state index in [9.17, 15) is 13.2 Å². The highest BCUT2D eigenvalue weighted by Gasteiger charge is 2.15. The van der Waals surface area contributed by atoms with Crippen LogP contribution in [-0.4, -0.2) is 18.0 Å². The number of aryl methyl sites for hydroxylation is 1. The lowest BCUT2D eigenvalue weighted by Gasteiger charge is -2.07. The van der Waals surface area contributed by atoms with Crippen LogP contribution in [0.15, 0.2) is 52.4 Å². The fourth-order valence-electron chi connectivity index (χ4n) is 2.04. The van der Waals surface area contributed by atoms with Crippen molar-refractivity contribution in [1.29, 1.82) is 0 Å². The molecule has 0 saturated carbocycles. The van der Waals surface area contributed by atoms with Crippen molar-refractivity contribution in [2.75, 3.05) is 0 Å². The number of hydrogen-bond acceptors (Lipinski definition) is 5. The molecule has 0 fully saturated rings. The highest BCUT2D eigenvalue weighted by atomic mass is 32.2. The van der Waals surface area contributed by atoms with Gasteiger partial charge in [-0.2, -0.15) is 0 Å². The molecule has 0 bridgehead atoms. The van der Waals surface area contributed by atoms with Crippen molar-refractivity contribution in [3.8, 4) is 0 Å². The van der Waals surface area contributed by atoms with Gasteiger partial charge in [0.2, 0.25) is 10.0 Å². The van der Waals surface area contributed by atoms with Crippen LogP contribution in [0.5, 0.6) is 0 Å². The maximum absolute atomic E-state index is 12.3. The Morgan fingerprint density at radius 2 is 1.95 bits per heavy atom. The van der Waals surface area contributed by atoms with E-state index in [0.29, 0.717) is 4.70 Å². The van der Waals surface area contributed by atoms with Crippen LogP contribution in [0.25, 0.3) is 10.2 Å². The number of aromatic nitrogens is 2. The predicted octanol–water partition coefficient (Wildman–Crippen LogP) is 1.47. The lowest BCUT2D eigenvalue weighted by Crippen LogP contribution is -2.23. The summed E-state index contributed by atoms with van der Waals surface area (Å²) in [7, 11) is -1.96. The molecule has 3 aromatic rings. The first-order chi connectivity index (χ1) is 10.5. The highest BCUT2D eigenvalue weighted by Crippen LogP contribution is 2.21. The zero-order chi connectivity index (χ0) is 15.7. The first-order valence-corrected chi connectivity index (χ1v) is 8.75. The second-order valence-electron chi connectivity index (χ2n) is 4.74. The standard InChI is InChI=1S/C14H13N3O3S2/c1-17-12-3-2-11(8-13(12)21-14(17)18)22(19,20)16-9-10-4-6-15-7-5-10/h2-8,16H,9H2,1H3. The summed E-state index contributed by atoms with van der Waals surface area (Å²) in [6, 6.07) is 8.16. The number of nitrogens with one attached hydrogen (secondary N) is 1. The quantitative estimate of drug-likeness (QED) is 0.783. The molecule has 2 aromatic heterocycles. The van der Waals surface area contributed by atoms with Crippen molar-refractivity contribution < 1.29 is 8.42 Å². The maximum atomic E-state index is 12.3. The van der Waals surface area contributed by atoms with Crippen LogP contribution in [-0.2, 0) is 23.6 Å². The molecule has 0 amide bonds. The molecule has 1 N–H and O–H groups in total. The third kappa shape index (κ3) is 2.80. The summed E-state index contributed by atoms with van der Waals surface area (Å²) >= 11 is 1.03. The molecule has 0 unspecified atom stereocenters. The number of thiazole rings is 1. The molecule has 0 radical (unpaired) electrons. The van der Waals surface area contributed by atoms with Crippen molar-refractivity contribution in [2.45, 2.75) is 11.4 Å². The second-order valence-corrected chi connectivity index (χ2v) is 7.50. The monoisotopic (exact) mass is 335 g/mol. The van der Waals surface area contributed by atoms with E-state index in [-0.39, 0.29) is 16.3 Å². The Balaban J connectivity index is 1.90. The number of hydrogen-bond donors (Lipinski definition) is 1. The van der Waals surface area contributed by atoms with Gasteiger partial charge in [0.25, 0.3) is 0 Å². The Morgan fingerprint density at radius 1 is 1.23 bits per heavy atom. The summed E-state index contributed by atoms with van der Waals surface area (Å²) in [6.45, 7) is 0.188. The van der Waals surface area contributed by atoms with Gasteiger partial charge in [0.15, 0.2) is 0 Å². The Hall–Kier alpha value is -2.03. The van der Waals surface area contributed by atoms with Crippen LogP contribution >= 0.6 is 11.3 Å². The molecule has 1 aromatic carbocycles. The minimum absolute atomic E-state index is 0.116. The number of benzene rings is 1. The fourth-order valence-corrected chi connectivity index (χ4v) is 4.08. The number of pyridine rings is 1.